The van der Waals surface area contributed by atoms with E-state index in [0.29, 0.717) is 0 Å². The standard InChI is InChI=1S/C13H18O9S.Ca.2H/c1-5-10(14)21-8(3)12(9(4)22-11(15)6-2)13(16)20-7-23(17,18)19;;;/h5-6,8-9,12H,1-2,7H2,3-4H3,(H,17,18,19);;;. The molecule has 11 heteroatoms. The fourth-order valence-electron chi connectivity index (χ4n) is 1.60. The zero-order valence-corrected chi connectivity index (χ0v) is 13.4. The molecule has 0 saturated heterocycles. The average Bonchev–Trinajstić information content (AvgIpc) is 2.44. The number of hydrogen-bond donors (Lipinski definition) is 1. The molecule has 0 heterocycles. The first-order chi connectivity index (χ1) is 10.5. The summed E-state index contributed by atoms with van der Waals surface area (Å²) in [5.41, 5.74) is 0. The molecule has 2 atom stereocenters. The molecular weight excluding hydrogens is 372 g/mol. The molecule has 0 aromatic heterocycles. The van der Waals surface area contributed by atoms with Gasteiger partial charge in [0.15, 0.2) is 0 Å². The quantitative estimate of drug-likeness (QED) is 0.178. The van der Waals surface area contributed by atoms with Crippen molar-refractivity contribution in [3.05, 3.63) is 25.3 Å². The molecule has 0 spiro atoms. The van der Waals surface area contributed by atoms with Crippen molar-refractivity contribution in [2.75, 3.05) is 5.94 Å². The van der Waals surface area contributed by atoms with Crippen LogP contribution in [-0.2, 0) is 38.7 Å². The van der Waals surface area contributed by atoms with Gasteiger partial charge in [-0.1, -0.05) is 13.2 Å². The number of carbonyl (C=O) groups excluding carboxylic acids is 3. The van der Waals surface area contributed by atoms with E-state index in [2.05, 4.69) is 17.9 Å². The minimum atomic E-state index is -4.55. The van der Waals surface area contributed by atoms with Gasteiger partial charge in [0.25, 0.3) is 0 Å². The maximum atomic E-state index is 12.0. The van der Waals surface area contributed by atoms with E-state index >= 15 is 0 Å². The molecule has 0 aliphatic rings. The fourth-order valence-corrected chi connectivity index (χ4v) is 1.87. The molecule has 1 N–H and O–H groups in total. The Kier molecular flexibility index (Phi) is 12.2. The second-order valence-corrected chi connectivity index (χ2v) is 5.78. The van der Waals surface area contributed by atoms with Gasteiger partial charge in [0.1, 0.15) is 18.1 Å². The van der Waals surface area contributed by atoms with E-state index in [1.165, 1.54) is 13.8 Å². The third kappa shape index (κ3) is 10.0. The fraction of sp³-hybridized carbons (Fsp3) is 0.462. The summed E-state index contributed by atoms with van der Waals surface area (Å²) in [4.78, 5) is 34.4. The molecule has 24 heavy (non-hydrogen) atoms. The zero-order chi connectivity index (χ0) is 18.2. The van der Waals surface area contributed by atoms with Crippen LogP contribution in [0.15, 0.2) is 25.3 Å². The van der Waals surface area contributed by atoms with Crippen molar-refractivity contribution in [3.63, 3.8) is 0 Å². The van der Waals surface area contributed by atoms with Crippen LogP contribution < -0.4 is 0 Å². The second kappa shape index (κ2) is 11.6. The Morgan fingerprint density at radius 1 is 1.04 bits per heavy atom. The van der Waals surface area contributed by atoms with E-state index in [4.69, 9.17) is 14.0 Å². The number of hydrogen-bond acceptors (Lipinski definition) is 8. The summed E-state index contributed by atoms with van der Waals surface area (Å²) in [5.74, 6) is -5.44. The van der Waals surface area contributed by atoms with Crippen LogP contribution >= 0.6 is 0 Å². The maximum absolute atomic E-state index is 12.0. The third-order valence-electron chi connectivity index (χ3n) is 2.57. The third-order valence-corrected chi connectivity index (χ3v) is 2.99. The van der Waals surface area contributed by atoms with E-state index in [1.54, 1.807) is 0 Å². The van der Waals surface area contributed by atoms with Gasteiger partial charge in [-0.05, 0) is 13.8 Å². The van der Waals surface area contributed by atoms with Gasteiger partial charge in [-0.25, -0.2) is 9.59 Å². The normalized spacial score (nSPS) is 14.1. The predicted octanol–water partition coefficient (Wildman–Crippen LogP) is -0.690. The number of ether oxygens (including phenoxy) is 3. The van der Waals surface area contributed by atoms with Gasteiger partial charge in [0.2, 0.25) is 5.94 Å². The second-order valence-electron chi connectivity index (χ2n) is 4.38. The van der Waals surface area contributed by atoms with Crippen LogP contribution in [-0.4, -0.2) is 86.8 Å². The first-order valence-electron chi connectivity index (χ1n) is 6.29. The molecule has 0 saturated carbocycles. The Morgan fingerprint density at radius 3 is 1.71 bits per heavy atom. The van der Waals surface area contributed by atoms with Crippen molar-refractivity contribution < 1.29 is 41.6 Å². The molecule has 9 nitrogen and oxygen atoms in total. The Hall–Kier alpha value is -0.940. The summed E-state index contributed by atoms with van der Waals surface area (Å²) in [6.45, 7) is 9.02. The molecule has 134 valence electrons. The molecule has 0 aromatic rings. The van der Waals surface area contributed by atoms with E-state index < -0.39 is 52.1 Å². The zero-order valence-electron chi connectivity index (χ0n) is 12.6. The summed E-state index contributed by atoms with van der Waals surface area (Å²) >= 11 is 0. The van der Waals surface area contributed by atoms with Crippen molar-refractivity contribution in [3.8, 4) is 0 Å². The summed E-state index contributed by atoms with van der Waals surface area (Å²) in [6.07, 6.45) is -0.529. The van der Waals surface area contributed by atoms with Crippen LogP contribution in [0.2, 0.25) is 0 Å². The van der Waals surface area contributed by atoms with Crippen molar-refractivity contribution >= 4 is 65.8 Å². The van der Waals surface area contributed by atoms with Crippen molar-refractivity contribution in [1.29, 1.82) is 0 Å². The SMILES string of the molecule is C=CC(=O)OC(C)C(C(=O)OCS(=O)(=O)O)C(C)OC(=O)C=C.[CaH2]. The van der Waals surface area contributed by atoms with Gasteiger partial charge < -0.3 is 14.2 Å². The van der Waals surface area contributed by atoms with E-state index in [1.807, 2.05) is 0 Å². The summed E-state index contributed by atoms with van der Waals surface area (Å²) < 4.78 is 44.0. The van der Waals surface area contributed by atoms with E-state index in [9.17, 15) is 22.8 Å². The number of rotatable bonds is 9. The molecule has 0 bridgehead atoms. The Morgan fingerprint density at radius 2 is 1.42 bits per heavy atom. The molecular formula is C13H20CaO9S. The van der Waals surface area contributed by atoms with Gasteiger partial charge in [0.05, 0.1) is 0 Å². The van der Waals surface area contributed by atoms with Crippen LogP contribution in [0.1, 0.15) is 13.8 Å². The Balaban J connectivity index is 0. The summed E-state index contributed by atoms with van der Waals surface area (Å²) in [5, 5.41) is 0. The van der Waals surface area contributed by atoms with Gasteiger partial charge in [-0.2, -0.15) is 8.42 Å². The molecule has 0 amide bonds. The van der Waals surface area contributed by atoms with Crippen LogP contribution in [0.5, 0.6) is 0 Å². The monoisotopic (exact) mass is 392 g/mol. The molecule has 0 radical (unpaired) electrons. The predicted molar refractivity (Wildman–Crippen MR) is 86.0 cm³/mol. The summed E-state index contributed by atoms with van der Waals surface area (Å²) in [6, 6.07) is 0. The minimum absolute atomic E-state index is 0. The van der Waals surface area contributed by atoms with Gasteiger partial charge in [-0.3, -0.25) is 9.35 Å². The first kappa shape index (κ1) is 25.3. The van der Waals surface area contributed by atoms with E-state index in [-0.39, 0.29) is 37.7 Å². The van der Waals surface area contributed by atoms with Crippen LogP contribution in [0.4, 0.5) is 0 Å². The molecule has 2 unspecified atom stereocenters. The van der Waals surface area contributed by atoms with Crippen LogP contribution in [0, 0.1) is 5.92 Å². The van der Waals surface area contributed by atoms with Crippen molar-refractivity contribution in [2.24, 2.45) is 5.92 Å². The van der Waals surface area contributed by atoms with E-state index in [0.717, 1.165) is 12.2 Å². The van der Waals surface area contributed by atoms with Crippen molar-refractivity contribution in [2.45, 2.75) is 26.1 Å². The summed E-state index contributed by atoms with van der Waals surface area (Å²) in [7, 11) is -4.55. The number of carbonyl (C=O) groups is 3. The average molecular weight is 392 g/mol. The molecule has 0 aliphatic heterocycles. The van der Waals surface area contributed by atoms with Gasteiger partial charge in [-0.15, -0.1) is 0 Å². The van der Waals surface area contributed by atoms with Gasteiger partial charge in [0, 0.05) is 12.2 Å². The molecule has 0 aromatic carbocycles. The van der Waals surface area contributed by atoms with Gasteiger partial charge >= 0.3 is 65.8 Å². The van der Waals surface area contributed by atoms with Crippen LogP contribution in [0.3, 0.4) is 0 Å². The first-order valence-corrected chi connectivity index (χ1v) is 7.90. The molecule has 0 rings (SSSR count). The number of esters is 3. The van der Waals surface area contributed by atoms with Crippen LogP contribution in [0.25, 0.3) is 0 Å². The van der Waals surface area contributed by atoms with Crippen molar-refractivity contribution in [1.82, 2.24) is 0 Å². The molecule has 0 aliphatic carbocycles. The Bertz CT molecular complexity index is 556. The molecule has 0 fully saturated rings. The Labute approximate surface area is 169 Å². The topological polar surface area (TPSA) is 133 Å².